The lowest BCUT2D eigenvalue weighted by atomic mass is 10.2. The summed E-state index contributed by atoms with van der Waals surface area (Å²) in [6.45, 7) is 2.54. The molecule has 1 heterocycles. The highest BCUT2D eigenvalue weighted by atomic mass is 35.5. The van der Waals surface area contributed by atoms with Gasteiger partial charge in [0.1, 0.15) is 17.7 Å². The second kappa shape index (κ2) is 8.75. The summed E-state index contributed by atoms with van der Waals surface area (Å²) in [5.41, 5.74) is 5.53. The molecular weight excluding hydrogens is 365 g/mol. The molecule has 0 aromatic heterocycles. The number of methoxy groups -OCH3 is 1. The third kappa shape index (κ3) is 4.78. The van der Waals surface area contributed by atoms with E-state index in [0.717, 1.165) is 18.9 Å². The molecule has 7 nitrogen and oxygen atoms in total. The number of carbonyl (C=O) groups is 2. The standard InChI is InChI=1S/C17H21ClFN3O4/c1-11(5-6-16(23)25-2)26-15-10-14(13(19)9-12(15)18)21-7-3-4-8-22(21)17(20)24/h5-6,9-11H,3-4,7-8H2,1-2H3,(H2,20,24). The van der Waals surface area contributed by atoms with E-state index in [1.165, 1.54) is 35.3 Å². The minimum atomic E-state index is -0.657. The second-order valence-electron chi connectivity index (χ2n) is 5.73. The molecule has 1 fully saturated rings. The Morgan fingerprint density at radius 3 is 2.69 bits per heavy atom. The lowest BCUT2D eigenvalue weighted by molar-refractivity contribution is -0.134. The fourth-order valence-corrected chi connectivity index (χ4v) is 2.77. The number of hydrogen-bond donors (Lipinski definition) is 1. The molecule has 9 heteroatoms. The number of esters is 1. The lowest BCUT2D eigenvalue weighted by Crippen LogP contribution is -2.53. The van der Waals surface area contributed by atoms with Gasteiger partial charge in [0.15, 0.2) is 0 Å². The van der Waals surface area contributed by atoms with Crippen LogP contribution in [0.1, 0.15) is 19.8 Å². The molecule has 2 amide bonds. The molecule has 2 rings (SSSR count). The van der Waals surface area contributed by atoms with Crippen LogP contribution in [0.4, 0.5) is 14.9 Å². The molecule has 1 aliphatic rings. The topological polar surface area (TPSA) is 85.1 Å². The van der Waals surface area contributed by atoms with Gasteiger partial charge in [-0.15, -0.1) is 0 Å². The van der Waals surface area contributed by atoms with E-state index in [1.807, 2.05) is 0 Å². The van der Waals surface area contributed by atoms with Crippen LogP contribution in [-0.2, 0) is 9.53 Å². The van der Waals surface area contributed by atoms with Crippen LogP contribution in [-0.4, -0.2) is 43.3 Å². The summed E-state index contributed by atoms with van der Waals surface area (Å²) in [7, 11) is 1.27. The molecule has 2 N–H and O–H groups in total. The van der Waals surface area contributed by atoms with Crippen molar-refractivity contribution in [2.75, 3.05) is 25.2 Å². The molecule has 0 aliphatic carbocycles. The number of benzene rings is 1. The number of anilines is 1. The predicted molar refractivity (Wildman–Crippen MR) is 95.5 cm³/mol. The van der Waals surface area contributed by atoms with Crippen LogP contribution in [0.15, 0.2) is 24.3 Å². The number of nitrogens with zero attached hydrogens (tertiary/aromatic N) is 2. The number of hydrazine groups is 1. The fraction of sp³-hybridized carbons (Fsp3) is 0.412. The maximum atomic E-state index is 14.5. The van der Waals surface area contributed by atoms with Crippen molar-refractivity contribution in [1.29, 1.82) is 0 Å². The van der Waals surface area contributed by atoms with Gasteiger partial charge in [0, 0.05) is 25.2 Å². The van der Waals surface area contributed by atoms with E-state index in [2.05, 4.69) is 4.74 Å². The van der Waals surface area contributed by atoms with E-state index in [-0.39, 0.29) is 16.5 Å². The number of urea groups is 1. The van der Waals surface area contributed by atoms with Gasteiger partial charge in [-0.25, -0.2) is 19.0 Å². The highest BCUT2D eigenvalue weighted by Crippen LogP contribution is 2.34. The van der Waals surface area contributed by atoms with E-state index >= 15 is 0 Å². The fourth-order valence-electron chi connectivity index (χ4n) is 2.57. The largest absolute Gasteiger partial charge is 0.485 e. The van der Waals surface area contributed by atoms with Crippen LogP contribution in [0.3, 0.4) is 0 Å². The van der Waals surface area contributed by atoms with Crippen molar-refractivity contribution in [2.45, 2.75) is 25.9 Å². The van der Waals surface area contributed by atoms with Crippen LogP contribution in [0, 0.1) is 5.82 Å². The molecular formula is C17H21ClFN3O4. The molecule has 142 valence electrons. The second-order valence-corrected chi connectivity index (χ2v) is 6.14. The van der Waals surface area contributed by atoms with Crippen LogP contribution in [0.2, 0.25) is 5.02 Å². The van der Waals surface area contributed by atoms with Crippen molar-refractivity contribution < 1.29 is 23.5 Å². The molecule has 1 saturated heterocycles. The third-order valence-electron chi connectivity index (χ3n) is 3.83. The van der Waals surface area contributed by atoms with E-state index < -0.39 is 23.9 Å². The van der Waals surface area contributed by atoms with Crippen LogP contribution >= 0.6 is 11.6 Å². The molecule has 26 heavy (non-hydrogen) atoms. The molecule has 0 bridgehead atoms. The first-order valence-corrected chi connectivity index (χ1v) is 8.47. The molecule has 1 atom stereocenters. The number of carbonyl (C=O) groups excluding carboxylic acids is 2. The number of rotatable bonds is 5. The first-order valence-electron chi connectivity index (χ1n) is 8.09. The van der Waals surface area contributed by atoms with E-state index in [9.17, 15) is 14.0 Å². The Morgan fingerprint density at radius 1 is 1.35 bits per heavy atom. The number of hydrogen-bond acceptors (Lipinski definition) is 5. The van der Waals surface area contributed by atoms with Gasteiger partial charge >= 0.3 is 12.0 Å². The summed E-state index contributed by atoms with van der Waals surface area (Å²) in [6.07, 6.45) is 3.77. The number of halogens is 2. The van der Waals surface area contributed by atoms with Crippen LogP contribution < -0.4 is 15.5 Å². The maximum Gasteiger partial charge on any atom is 0.333 e. The quantitative estimate of drug-likeness (QED) is 0.622. The van der Waals surface area contributed by atoms with Gasteiger partial charge in [-0.1, -0.05) is 11.6 Å². The van der Waals surface area contributed by atoms with Gasteiger partial charge in [0.05, 0.1) is 17.8 Å². The van der Waals surface area contributed by atoms with Crippen molar-refractivity contribution in [3.8, 4) is 5.75 Å². The van der Waals surface area contributed by atoms with Gasteiger partial charge in [0.2, 0.25) is 0 Å². The zero-order valence-electron chi connectivity index (χ0n) is 14.6. The monoisotopic (exact) mass is 385 g/mol. The Kier molecular flexibility index (Phi) is 6.68. The molecule has 1 aromatic carbocycles. The molecule has 1 unspecified atom stereocenters. The summed E-state index contributed by atoms with van der Waals surface area (Å²) in [5, 5.41) is 2.85. The summed E-state index contributed by atoms with van der Waals surface area (Å²) >= 11 is 6.07. The number of ether oxygens (including phenoxy) is 2. The third-order valence-corrected chi connectivity index (χ3v) is 4.13. The van der Waals surface area contributed by atoms with Gasteiger partial charge in [-0.3, -0.25) is 5.01 Å². The minimum absolute atomic E-state index is 0.0761. The SMILES string of the molecule is COC(=O)C=CC(C)Oc1cc(N2CCCCN2C(N)=O)c(F)cc1Cl. The van der Waals surface area contributed by atoms with Crippen LogP contribution in [0.25, 0.3) is 0 Å². The van der Waals surface area contributed by atoms with E-state index in [4.69, 9.17) is 22.1 Å². The van der Waals surface area contributed by atoms with Crippen molar-refractivity contribution in [2.24, 2.45) is 5.73 Å². The molecule has 0 saturated carbocycles. The van der Waals surface area contributed by atoms with E-state index in [0.29, 0.717) is 13.1 Å². The summed E-state index contributed by atoms with van der Waals surface area (Å²) in [6, 6.07) is 1.88. The Bertz CT molecular complexity index is 713. The molecule has 0 spiro atoms. The zero-order chi connectivity index (χ0) is 19.3. The van der Waals surface area contributed by atoms with Gasteiger partial charge < -0.3 is 15.2 Å². The van der Waals surface area contributed by atoms with Gasteiger partial charge in [-0.05, 0) is 31.9 Å². The van der Waals surface area contributed by atoms with Crippen molar-refractivity contribution in [1.82, 2.24) is 5.01 Å². The number of primary amides is 1. The normalized spacial score (nSPS) is 15.8. The highest BCUT2D eigenvalue weighted by Gasteiger charge is 2.26. The molecule has 0 radical (unpaired) electrons. The van der Waals surface area contributed by atoms with Gasteiger partial charge in [-0.2, -0.15) is 0 Å². The smallest absolute Gasteiger partial charge is 0.333 e. The van der Waals surface area contributed by atoms with Crippen molar-refractivity contribution in [3.05, 3.63) is 35.1 Å². The Morgan fingerprint density at radius 2 is 2.04 bits per heavy atom. The number of amides is 2. The first kappa shape index (κ1) is 19.8. The van der Waals surface area contributed by atoms with Crippen molar-refractivity contribution in [3.63, 3.8) is 0 Å². The predicted octanol–water partition coefficient (Wildman–Crippen LogP) is 2.87. The zero-order valence-corrected chi connectivity index (χ0v) is 15.3. The average Bonchev–Trinajstić information content (AvgIpc) is 2.61. The minimum Gasteiger partial charge on any atom is -0.485 e. The molecule has 1 aromatic rings. The first-order chi connectivity index (χ1) is 12.3. The lowest BCUT2D eigenvalue weighted by Gasteiger charge is -2.39. The van der Waals surface area contributed by atoms with Crippen LogP contribution in [0.5, 0.6) is 5.75 Å². The number of nitrogens with two attached hydrogens (primary N) is 1. The van der Waals surface area contributed by atoms with Gasteiger partial charge in [0.25, 0.3) is 0 Å². The van der Waals surface area contributed by atoms with E-state index in [1.54, 1.807) is 6.92 Å². The maximum absolute atomic E-state index is 14.5. The summed E-state index contributed by atoms with van der Waals surface area (Å²) < 4.78 is 24.6. The summed E-state index contributed by atoms with van der Waals surface area (Å²) in [4.78, 5) is 22.8. The highest BCUT2D eigenvalue weighted by molar-refractivity contribution is 6.32. The molecule has 1 aliphatic heterocycles. The Balaban J connectivity index is 2.26. The summed E-state index contributed by atoms with van der Waals surface area (Å²) in [5.74, 6) is -0.884. The van der Waals surface area contributed by atoms with Crippen molar-refractivity contribution >= 4 is 29.3 Å². The Hall–Kier alpha value is -2.48. The Labute approximate surface area is 156 Å². The average molecular weight is 386 g/mol.